The predicted molar refractivity (Wildman–Crippen MR) is 117 cm³/mol. The first-order chi connectivity index (χ1) is 14.7. The molecule has 5 aromatic carbocycles. The number of rotatable bonds is 0. The van der Waals surface area contributed by atoms with Crippen LogP contribution in [0.15, 0.2) is 83.9 Å². The van der Waals surface area contributed by atoms with E-state index >= 15 is 0 Å². The van der Waals surface area contributed by atoms with Crippen molar-refractivity contribution in [3.05, 3.63) is 83.9 Å². The zero-order valence-corrected chi connectivity index (χ0v) is 15.7. The number of nitrogens with zero attached hydrogens (tertiary/aromatic N) is 4. The van der Waals surface area contributed by atoms with Crippen LogP contribution >= 0.6 is 0 Å². The van der Waals surface area contributed by atoms with Crippen LogP contribution in [0.25, 0.3) is 43.1 Å². The molecule has 0 N–H and O–H groups in total. The van der Waals surface area contributed by atoms with Crippen LogP contribution < -0.4 is 0 Å². The Balaban J connectivity index is 0.000000188. The molecule has 0 unspecified atom stereocenters. The lowest BCUT2D eigenvalue weighted by Gasteiger charge is -2.13. The van der Waals surface area contributed by atoms with Gasteiger partial charge in [-0.25, -0.2) is 0 Å². The molecule has 4 heteroatoms. The Morgan fingerprint density at radius 2 is 0.700 bits per heavy atom. The molecule has 0 aliphatic carbocycles. The third-order valence-corrected chi connectivity index (χ3v) is 5.09. The maximum Gasteiger partial charge on any atom is 0.158 e. The van der Waals surface area contributed by atoms with E-state index in [4.69, 9.17) is 21.0 Å². The summed E-state index contributed by atoms with van der Waals surface area (Å²) >= 11 is 0. The fraction of sp³-hybridized carbons (Fsp3) is 0. The first-order valence-corrected chi connectivity index (χ1v) is 9.12. The summed E-state index contributed by atoms with van der Waals surface area (Å²) in [5.74, 6) is 0. The fourth-order valence-electron chi connectivity index (χ4n) is 3.85. The first-order valence-electron chi connectivity index (χ1n) is 9.12. The van der Waals surface area contributed by atoms with Crippen molar-refractivity contribution >= 4 is 43.1 Å². The Hall–Kier alpha value is -4.90. The number of hydrogen-bond donors (Lipinski definition) is 0. The molecule has 0 saturated heterocycles. The summed E-state index contributed by atoms with van der Waals surface area (Å²) in [7, 11) is 0. The summed E-state index contributed by atoms with van der Waals surface area (Å²) in [6.45, 7) is 0. The van der Waals surface area contributed by atoms with Crippen molar-refractivity contribution in [3.63, 3.8) is 0 Å². The third kappa shape index (κ3) is 2.83. The molecule has 136 valence electrons. The molecule has 0 aliphatic heterocycles. The van der Waals surface area contributed by atoms with Crippen LogP contribution in [0.3, 0.4) is 0 Å². The van der Waals surface area contributed by atoms with Gasteiger partial charge in [0.05, 0.1) is 0 Å². The zero-order valence-electron chi connectivity index (χ0n) is 15.7. The van der Waals surface area contributed by atoms with Crippen LogP contribution in [-0.2, 0) is 0 Å². The van der Waals surface area contributed by atoms with E-state index in [9.17, 15) is 0 Å². The Kier molecular flexibility index (Phi) is 4.69. The molecule has 0 saturated carbocycles. The van der Waals surface area contributed by atoms with E-state index in [1.807, 2.05) is 0 Å². The third-order valence-electron chi connectivity index (χ3n) is 5.09. The van der Waals surface area contributed by atoms with Crippen molar-refractivity contribution in [1.82, 2.24) is 0 Å². The molecule has 0 amide bonds. The average Bonchev–Trinajstić information content (AvgIpc) is 2.81. The van der Waals surface area contributed by atoms with E-state index in [2.05, 4.69) is 72.8 Å². The average molecular weight is 380 g/mol. The van der Waals surface area contributed by atoms with Crippen molar-refractivity contribution in [1.29, 1.82) is 21.0 Å². The quantitative estimate of drug-likeness (QED) is 0.184. The van der Waals surface area contributed by atoms with Crippen LogP contribution in [0.5, 0.6) is 0 Å². The molecular weight excluding hydrogens is 368 g/mol. The van der Waals surface area contributed by atoms with E-state index in [0.717, 1.165) is 0 Å². The molecule has 0 aromatic heterocycles. The molecule has 30 heavy (non-hydrogen) atoms. The van der Waals surface area contributed by atoms with Crippen LogP contribution in [0.1, 0.15) is 0 Å². The summed E-state index contributed by atoms with van der Waals surface area (Å²) in [6.07, 6.45) is 0. The van der Waals surface area contributed by atoms with Gasteiger partial charge in [0, 0.05) is 0 Å². The summed E-state index contributed by atoms with van der Waals surface area (Å²) in [5.41, 5.74) is -0.880. The Morgan fingerprint density at radius 1 is 0.433 bits per heavy atom. The van der Waals surface area contributed by atoms with Crippen LogP contribution in [0, 0.1) is 45.3 Å². The van der Waals surface area contributed by atoms with E-state index in [1.54, 1.807) is 0 Å². The lowest BCUT2D eigenvalue weighted by molar-refractivity contribution is 1.41. The molecule has 0 radical (unpaired) electrons. The van der Waals surface area contributed by atoms with Gasteiger partial charge in [0.15, 0.2) is 11.1 Å². The summed E-state index contributed by atoms with van der Waals surface area (Å²) in [4.78, 5) is 0. The minimum atomic E-state index is -0.440. The first kappa shape index (κ1) is 18.5. The SMILES string of the molecule is N#CC(C#N)=C(C#N)C#N.c1cc2cccc3c4cccc5cccc(c(c1)c23)c54. The number of nitriles is 4. The summed E-state index contributed by atoms with van der Waals surface area (Å²) in [6, 6.07) is 32.2. The highest BCUT2D eigenvalue weighted by atomic mass is 14.3. The molecular formula is C26H12N4. The highest BCUT2D eigenvalue weighted by Gasteiger charge is 2.11. The molecule has 0 aliphatic rings. The van der Waals surface area contributed by atoms with Crippen molar-refractivity contribution in [3.8, 4) is 24.3 Å². The molecule has 0 fully saturated rings. The molecule has 0 atom stereocenters. The number of allylic oxidation sites excluding steroid dienone is 2. The van der Waals surface area contributed by atoms with Gasteiger partial charge in [0.25, 0.3) is 0 Å². The van der Waals surface area contributed by atoms with Gasteiger partial charge in [-0.15, -0.1) is 0 Å². The highest BCUT2D eigenvalue weighted by molar-refractivity contribution is 6.32. The summed E-state index contributed by atoms with van der Waals surface area (Å²) < 4.78 is 0. The van der Waals surface area contributed by atoms with Crippen LogP contribution in [-0.4, -0.2) is 0 Å². The van der Waals surface area contributed by atoms with Gasteiger partial charge in [-0.2, -0.15) is 21.0 Å². The van der Waals surface area contributed by atoms with Gasteiger partial charge < -0.3 is 0 Å². The van der Waals surface area contributed by atoms with Gasteiger partial charge in [0.2, 0.25) is 0 Å². The normalized spacial score (nSPS) is 9.87. The van der Waals surface area contributed by atoms with E-state index < -0.39 is 11.1 Å². The molecule has 5 aromatic rings. The number of hydrogen-bond acceptors (Lipinski definition) is 4. The molecule has 4 nitrogen and oxygen atoms in total. The maximum absolute atomic E-state index is 8.13. The maximum atomic E-state index is 8.13. The monoisotopic (exact) mass is 380 g/mol. The van der Waals surface area contributed by atoms with Gasteiger partial charge in [0.1, 0.15) is 24.3 Å². The summed E-state index contributed by atoms with van der Waals surface area (Å²) in [5, 5.41) is 43.4. The zero-order chi connectivity index (χ0) is 21.1. The van der Waals surface area contributed by atoms with Crippen molar-refractivity contribution in [2.24, 2.45) is 0 Å². The van der Waals surface area contributed by atoms with E-state index in [0.29, 0.717) is 0 Å². The largest absolute Gasteiger partial charge is 0.192 e. The van der Waals surface area contributed by atoms with Gasteiger partial charge in [-0.3, -0.25) is 0 Å². The second-order valence-corrected chi connectivity index (χ2v) is 6.62. The lowest BCUT2D eigenvalue weighted by Crippen LogP contribution is -1.85. The fourth-order valence-corrected chi connectivity index (χ4v) is 3.85. The van der Waals surface area contributed by atoms with Crippen LogP contribution in [0.4, 0.5) is 0 Å². The van der Waals surface area contributed by atoms with E-state index in [-0.39, 0.29) is 0 Å². The number of fused-ring (bicyclic) bond motifs is 2. The lowest BCUT2D eigenvalue weighted by atomic mass is 9.90. The molecule has 0 bridgehead atoms. The number of benzene rings is 5. The smallest absolute Gasteiger partial charge is 0.158 e. The van der Waals surface area contributed by atoms with Gasteiger partial charge >= 0.3 is 0 Å². The highest BCUT2D eigenvalue weighted by Crippen LogP contribution is 2.39. The van der Waals surface area contributed by atoms with E-state index in [1.165, 1.54) is 67.4 Å². The van der Waals surface area contributed by atoms with Crippen molar-refractivity contribution in [2.45, 2.75) is 0 Å². The molecule has 5 rings (SSSR count). The standard InChI is InChI=1S/C20H12.C6N4/c1-5-13-6-2-11-17-18-12-4-8-14-7-3-10-16(20(14)18)15(9-1)19(13)17;7-1-5(2-8)6(3-9)4-10/h1-12H;. The Labute approximate surface area is 172 Å². The van der Waals surface area contributed by atoms with Crippen molar-refractivity contribution < 1.29 is 0 Å². The molecule has 0 spiro atoms. The second-order valence-electron chi connectivity index (χ2n) is 6.62. The molecule has 0 heterocycles. The minimum absolute atomic E-state index is 0.440. The minimum Gasteiger partial charge on any atom is -0.192 e. The Bertz CT molecular complexity index is 1390. The topological polar surface area (TPSA) is 95.2 Å². The second kappa shape index (κ2) is 7.61. The van der Waals surface area contributed by atoms with Gasteiger partial charge in [-0.1, -0.05) is 72.8 Å². The predicted octanol–water partition coefficient (Wildman–Crippen LogP) is 6.11. The van der Waals surface area contributed by atoms with Crippen LogP contribution in [0.2, 0.25) is 0 Å². The van der Waals surface area contributed by atoms with Gasteiger partial charge in [-0.05, 0) is 43.1 Å². The van der Waals surface area contributed by atoms with Crippen molar-refractivity contribution in [2.75, 3.05) is 0 Å². The Morgan fingerprint density at radius 3 is 0.933 bits per heavy atom.